The molecule has 2 fully saturated rings. The number of aryl methyl sites for hydroxylation is 1. The highest BCUT2D eigenvalue weighted by Crippen LogP contribution is 2.32. The van der Waals surface area contributed by atoms with Gasteiger partial charge in [0.05, 0.1) is 17.1 Å². The SMILES string of the molecule is Cc1ccc(S(=O)(=O)N2CCC[C@@H]3O[C@@H]3C2)cc1. The summed E-state index contributed by atoms with van der Waals surface area (Å²) in [7, 11) is -3.36. The average molecular weight is 267 g/mol. The Hall–Kier alpha value is -0.910. The van der Waals surface area contributed by atoms with E-state index in [4.69, 9.17) is 4.74 Å². The lowest BCUT2D eigenvalue weighted by molar-refractivity contribution is 0.296. The fourth-order valence-corrected chi connectivity index (χ4v) is 3.92. The van der Waals surface area contributed by atoms with Crippen molar-refractivity contribution in [2.24, 2.45) is 0 Å². The molecule has 3 rings (SSSR count). The zero-order valence-electron chi connectivity index (χ0n) is 10.4. The molecule has 18 heavy (non-hydrogen) atoms. The summed E-state index contributed by atoms with van der Waals surface area (Å²) in [6.07, 6.45) is 2.27. The summed E-state index contributed by atoms with van der Waals surface area (Å²) in [6, 6.07) is 7.03. The molecule has 0 amide bonds. The summed E-state index contributed by atoms with van der Waals surface area (Å²) >= 11 is 0. The van der Waals surface area contributed by atoms with Gasteiger partial charge in [-0.2, -0.15) is 4.31 Å². The quantitative estimate of drug-likeness (QED) is 0.764. The summed E-state index contributed by atoms with van der Waals surface area (Å²) < 4.78 is 32.0. The highest BCUT2D eigenvalue weighted by molar-refractivity contribution is 7.89. The van der Waals surface area contributed by atoms with Crippen LogP contribution in [0.2, 0.25) is 0 Å². The molecule has 1 aromatic carbocycles. The van der Waals surface area contributed by atoms with Gasteiger partial charge in [-0.15, -0.1) is 0 Å². The maximum Gasteiger partial charge on any atom is 0.243 e. The molecule has 0 unspecified atom stereocenters. The fraction of sp³-hybridized carbons (Fsp3) is 0.538. The van der Waals surface area contributed by atoms with Crippen molar-refractivity contribution in [1.82, 2.24) is 4.31 Å². The van der Waals surface area contributed by atoms with E-state index in [1.165, 1.54) is 0 Å². The average Bonchev–Trinajstić information content (AvgIpc) is 3.06. The Morgan fingerprint density at radius 1 is 1.22 bits per heavy atom. The molecule has 0 N–H and O–H groups in total. The second kappa shape index (κ2) is 4.33. The first-order valence-electron chi connectivity index (χ1n) is 6.30. The Labute approximate surface area is 108 Å². The summed E-state index contributed by atoms with van der Waals surface area (Å²) in [5, 5.41) is 0. The first-order valence-corrected chi connectivity index (χ1v) is 7.74. The predicted octanol–water partition coefficient (Wildman–Crippen LogP) is 1.55. The number of epoxide rings is 1. The largest absolute Gasteiger partial charge is 0.368 e. The van der Waals surface area contributed by atoms with Gasteiger partial charge in [-0.25, -0.2) is 8.42 Å². The maximum atomic E-state index is 12.5. The molecule has 0 aromatic heterocycles. The summed E-state index contributed by atoms with van der Waals surface area (Å²) in [6.45, 7) is 3.05. The van der Waals surface area contributed by atoms with E-state index in [9.17, 15) is 8.42 Å². The van der Waals surface area contributed by atoms with Crippen LogP contribution in [0.25, 0.3) is 0 Å². The second-order valence-corrected chi connectivity index (χ2v) is 6.97. The first-order chi connectivity index (χ1) is 8.57. The van der Waals surface area contributed by atoms with Gasteiger partial charge in [0, 0.05) is 13.1 Å². The van der Waals surface area contributed by atoms with Crippen LogP contribution in [0.15, 0.2) is 29.2 Å². The third-order valence-corrected chi connectivity index (χ3v) is 5.51. The van der Waals surface area contributed by atoms with Crippen molar-refractivity contribution in [3.63, 3.8) is 0 Å². The highest BCUT2D eigenvalue weighted by Gasteiger charge is 2.44. The van der Waals surface area contributed by atoms with Gasteiger partial charge >= 0.3 is 0 Å². The molecular formula is C13H17NO3S. The molecule has 0 bridgehead atoms. The molecule has 5 heteroatoms. The lowest BCUT2D eigenvalue weighted by Gasteiger charge is -2.20. The van der Waals surface area contributed by atoms with Crippen LogP contribution in [0, 0.1) is 6.92 Å². The minimum atomic E-state index is -3.36. The number of fused-ring (bicyclic) bond motifs is 1. The van der Waals surface area contributed by atoms with Crippen LogP contribution in [-0.2, 0) is 14.8 Å². The Morgan fingerprint density at radius 3 is 2.67 bits per heavy atom. The first kappa shape index (κ1) is 12.1. The molecule has 2 aliphatic heterocycles. The predicted molar refractivity (Wildman–Crippen MR) is 67.8 cm³/mol. The Bertz CT molecular complexity index is 538. The Balaban J connectivity index is 1.86. The van der Waals surface area contributed by atoms with Crippen LogP contribution in [0.4, 0.5) is 0 Å². The van der Waals surface area contributed by atoms with Crippen LogP contribution >= 0.6 is 0 Å². The van der Waals surface area contributed by atoms with Gasteiger partial charge in [0.2, 0.25) is 10.0 Å². The molecule has 2 aliphatic rings. The third-order valence-electron chi connectivity index (χ3n) is 3.63. The molecular weight excluding hydrogens is 250 g/mol. The van der Waals surface area contributed by atoms with Gasteiger partial charge < -0.3 is 4.74 Å². The number of nitrogens with zero attached hydrogens (tertiary/aromatic N) is 1. The van der Waals surface area contributed by atoms with E-state index in [0.717, 1.165) is 18.4 Å². The van der Waals surface area contributed by atoms with Crippen molar-refractivity contribution in [2.75, 3.05) is 13.1 Å². The lowest BCUT2D eigenvalue weighted by atomic mass is 10.2. The van der Waals surface area contributed by atoms with Crippen molar-refractivity contribution in [1.29, 1.82) is 0 Å². The standard InChI is InChI=1S/C13H17NO3S/c1-10-4-6-11(7-5-10)18(15,16)14-8-2-3-12-13(9-14)17-12/h4-7,12-13H,2-3,8-9H2,1H3/t12-,13+/m0/s1. The third kappa shape index (κ3) is 2.18. The van der Waals surface area contributed by atoms with E-state index in [2.05, 4.69) is 0 Å². The Kier molecular flexibility index (Phi) is 2.92. The molecule has 4 nitrogen and oxygen atoms in total. The zero-order valence-corrected chi connectivity index (χ0v) is 11.2. The van der Waals surface area contributed by atoms with Crippen molar-refractivity contribution >= 4 is 10.0 Å². The molecule has 0 spiro atoms. The van der Waals surface area contributed by atoms with E-state index in [1.54, 1.807) is 16.4 Å². The van der Waals surface area contributed by atoms with E-state index in [1.807, 2.05) is 19.1 Å². The van der Waals surface area contributed by atoms with Crippen molar-refractivity contribution in [3.05, 3.63) is 29.8 Å². The zero-order chi connectivity index (χ0) is 12.8. The lowest BCUT2D eigenvalue weighted by Crippen LogP contribution is -2.34. The van der Waals surface area contributed by atoms with E-state index >= 15 is 0 Å². The molecule has 2 heterocycles. The number of benzene rings is 1. The number of ether oxygens (including phenoxy) is 1. The Morgan fingerprint density at radius 2 is 1.94 bits per heavy atom. The summed E-state index contributed by atoms with van der Waals surface area (Å²) in [5.41, 5.74) is 1.07. The van der Waals surface area contributed by atoms with Gasteiger partial charge in [-0.1, -0.05) is 17.7 Å². The highest BCUT2D eigenvalue weighted by atomic mass is 32.2. The molecule has 98 valence electrons. The fourth-order valence-electron chi connectivity index (χ4n) is 2.43. The van der Waals surface area contributed by atoms with Crippen LogP contribution in [-0.4, -0.2) is 38.0 Å². The van der Waals surface area contributed by atoms with Crippen LogP contribution in [0.5, 0.6) is 0 Å². The summed E-state index contributed by atoms with van der Waals surface area (Å²) in [5.74, 6) is 0. The van der Waals surface area contributed by atoms with Crippen LogP contribution in [0.3, 0.4) is 0 Å². The van der Waals surface area contributed by atoms with Crippen molar-refractivity contribution in [3.8, 4) is 0 Å². The number of hydrogen-bond acceptors (Lipinski definition) is 3. The molecule has 0 saturated carbocycles. The van der Waals surface area contributed by atoms with E-state index < -0.39 is 10.0 Å². The van der Waals surface area contributed by atoms with Gasteiger partial charge in [0.1, 0.15) is 0 Å². The van der Waals surface area contributed by atoms with Crippen LogP contribution in [0.1, 0.15) is 18.4 Å². The smallest absolute Gasteiger partial charge is 0.243 e. The van der Waals surface area contributed by atoms with Crippen molar-refractivity contribution < 1.29 is 13.2 Å². The van der Waals surface area contributed by atoms with Gasteiger partial charge in [0.25, 0.3) is 0 Å². The normalized spacial score (nSPS) is 28.5. The molecule has 2 saturated heterocycles. The molecule has 2 atom stereocenters. The molecule has 1 aromatic rings. The maximum absolute atomic E-state index is 12.5. The van der Waals surface area contributed by atoms with Crippen molar-refractivity contribution in [2.45, 2.75) is 36.9 Å². The van der Waals surface area contributed by atoms with Gasteiger partial charge in [-0.3, -0.25) is 0 Å². The molecule has 0 aliphatic carbocycles. The monoisotopic (exact) mass is 267 g/mol. The summed E-state index contributed by atoms with van der Waals surface area (Å²) in [4.78, 5) is 0.382. The van der Waals surface area contributed by atoms with Gasteiger partial charge in [0.15, 0.2) is 0 Å². The van der Waals surface area contributed by atoms with E-state index in [-0.39, 0.29) is 6.10 Å². The number of sulfonamides is 1. The molecule has 0 radical (unpaired) electrons. The second-order valence-electron chi connectivity index (χ2n) is 5.03. The minimum Gasteiger partial charge on any atom is -0.368 e. The van der Waals surface area contributed by atoms with E-state index in [0.29, 0.717) is 24.1 Å². The minimum absolute atomic E-state index is 0.118. The van der Waals surface area contributed by atoms with Crippen LogP contribution < -0.4 is 0 Å². The topological polar surface area (TPSA) is 49.9 Å². The number of rotatable bonds is 2. The number of hydrogen-bond donors (Lipinski definition) is 0. The van der Waals surface area contributed by atoms with Gasteiger partial charge in [-0.05, 0) is 31.9 Å².